The molecule has 5 heteroatoms. The van der Waals surface area contributed by atoms with Gasteiger partial charge in [0.15, 0.2) is 5.71 Å². The van der Waals surface area contributed by atoms with Gasteiger partial charge in [0.05, 0.1) is 17.1 Å². The molecule has 3 aromatic rings. The third-order valence-electron chi connectivity index (χ3n) is 3.85. The van der Waals surface area contributed by atoms with E-state index in [0.717, 1.165) is 10.8 Å². The minimum absolute atomic E-state index is 0.0624. The summed E-state index contributed by atoms with van der Waals surface area (Å²) in [5, 5.41) is 4.74. The molecule has 0 aliphatic carbocycles. The topological polar surface area (TPSA) is 24.4 Å². The first-order valence-electron chi connectivity index (χ1n) is 7.08. The molecule has 0 amide bonds. The summed E-state index contributed by atoms with van der Waals surface area (Å²) in [6.07, 6.45) is -4.53. The molecule has 1 aliphatic heterocycles. The van der Waals surface area contributed by atoms with Gasteiger partial charge >= 0.3 is 6.18 Å². The van der Waals surface area contributed by atoms with Crippen LogP contribution in [0.15, 0.2) is 65.7 Å². The second-order valence-electron chi connectivity index (χ2n) is 5.31. The summed E-state index contributed by atoms with van der Waals surface area (Å²) in [5.41, 5.74) is 0.455. The zero-order valence-electron chi connectivity index (χ0n) is 11.9. The lowest BCUT2D eigenvalue weighted by Gasteiger charge is -2.15. The second kappa shape index (κ2) is 4.84. The predicted octanol–water partition coefficient (Wildman–Crippen LogP) is 5.58. The van der Waals surface area contributed by atoms with E-state index in [1.54, 1.807) is 30.3 Å². The lowest BCUT2D eigenvalue weighted by Crippen LogP contribution is -2.24. The van der Waals surface area contributed by atoms with Crippen molar-refractivity contribution >= 4 is 33.5 Å². The van der Waals surface area contributed by atoms with E-state index in [1.165, 1.54) is 6.07 Å². The molecular weight excluding hydrogens is 301 g/mol. The van der Waals surface area contributed by atoms with Crippen molar-refractivity contribution in [2.75, 3.05) is 5.32 Å². The number of rotatable bonds is 0. The number of aliphatic imine (C=N–C) groups is 1. The summed E-state index contributed by atoms with van der Waals surface area (Å²) >= 11 is 0. The first-order chi connectivity index (χ1) is 11.0. The van der Waals surface area contributed by atoms with Crippen molar-refractivity contribution in [3.8, 4) is 0 Å². The third-order valence-corrected chi connectivity index (χ3v) is 3.85. The van der Waals surface area contributed by atoms with Crippen molar-refractivity contribution in [2.45, 2.75) is 6.18 Å². The van der Waals surface area contributed by atoms with Crippen LogP contribution in [0.3, 0.4) is 0 Å². The van der Waals surface area contributed by atoms with Crippen LogP contribution in [0.4, 0.5) is 30.2 Å². The lowest BCUT2D eigenvalue weighted by molar-refractivity contribution is -0.0579. The Hall–Kier alpha value is -2.82. The van der Waals surface area contributed by atoms with Gasteiger partial charge in [-0.2, -0.15) is 13.2 Å². The van der Waals surface area contributed by atoms with Crippen LogP contribution < -0.4 is 5.32 Å². The number of benzene rings is 3. The normalized spacial score (nSPS) is 13.6. The fraction of sp³-hybridized carbons (Fsp3) is 0.0556. The number of para-hydroxylation sites is 2. The third kappa shape index (κ3) is 2.25. The average Bonchev–Trinajstić information content (AvgIpc) is 2.71. The first kappa shape index (κ1) is 13.8. The van der Waals surface area contributed by atoms with Crippen LogP contribution in [0.25, 0.3) is 10.8 Å². The van der Waals surface area contributed by atoms with Crippen molar-refractivity contribution in [1.29, 1.82) is 0 Å². The molecule has 0 atom stereocenters. The van der Waals surface area contributed by atoms with Crippen LogP contribution in [-0.2, 0) is 0 Å². The van der Waals surface area contributed by atoms with Gasteiger partial charge in [0.1, 0.15) is 0 Å². The maximum Gasteiger partial charge on any atom is 0.434 e. The molecule has 0 saturated carbocycles. The van der Waals surface area contributed by atoms with E-state index in [4.69, 9.17) is 0 Å². The molecule has 1 N–H and O–H groups in total. The Kier molecular flexibility index (Phi) is 2.91. The fourth-order valence-electron chi connectivity index (χ4n) is 2.81. The van der Waals surface area contributed by atoms with Crippen molar-refractivity contribution < 1.29 is 13.2 Å². The van der Waals surface area contributed by atoms with Gasteiger partial charge in [-0.3, -0.25) is 0 Å². The minimum atomic E-state index is -4.53. The van der Waals surface area contributed by atoms with Crippen molar-refractivity contribution in [3.63, 3.8) is 0 Å². The molecule has 3 aromatic carbocycles. The van der Waals surface area contributed by atoms with Gasteiger partial charge in [-0.1, -0.05) is 48.5 Å². The number of hydrogen-bond donors (Lipinski definition) is 1. The molecule has 23 heavy (non-hydrogen) atoms. The highest BCUT2D eigenvalue weighted by atomic mass is 19.4. The van der Waals surface area contributed by atoms with E-state index < -0.39 is 11.9 Å². The molecule has 0 unspecified atom stereocenters. The molecule has 4 rings (SSSR count). The molecule has 0 radical (unpaired) electrons. The van der Waals surface area contributed by atoms with Gasteiger partial charge < -0.3 is 5.32 Å². The number of alkyl halides is 3. The Morgan fingerprint density at radius 2 is 1.57 bits per heavy atom. The molecule has 1 aliphatic rings. The zero-order chi connectivity index (χ0) is 16.0. The standard InChI is InChI=1S/C18H11F3N2/c19-18(20,21)17-13-10-9-11-5-1-2-6-12(11)16(13)22-14-7-3-4-8-15(14)23-17/h1-10,22H. The summed E-state index contributed by atoms with van der Waals surface area (Å²) in [4.78, 5) is 3.89. The van der Waals surface area contributed by atoms with E-state index in [9.17, 15) is 13.2 Å². The second-order valence-corrected chi connectivity index (χ2v) is 5.31. The Labute approximate surface area is 130 Å². The summed E-state index contributed by atoms with van der Waals surface area (Å²) in [5.74, 6) is 0. The fourth-order valence-corrected chi connectivity index (χ4v) is 2.81. The number of anilines is 2. The van der Waals surface area contributed by atoms with Crippen LogP contribution in [0.2, 0.25) is 0 Å². The lowest BCUT2D eigenvalue weighted by atomic mass is 10.0. The SMILES string of the molecule is FC(F)(F)C1=Nc2ccccc2Nc2c1ccc1ccccc21. The Bertz CT molecular complexity index is 942. The van der Waals surface area contributed by atoms with E-state index in [0.29, 0.717) is 11.4 Å². The quantitative estimate of drug-likeness (QED) is 0.576. The highest BCUT2D eigenvalue weighted by Crippen LogP contribution is 2.40. The molecule has 0 aromatic heterocycles. The van der Waals surface area contributed by atoms with Gasteiger partial charge in [0.2, 0.25) is 0 Å². The van der Waals surface area contributed by atoms with E-state index in [-0.39, 0.29) is 11.3 Å². The smallest absolute Gasteiger partial charge is 0.353 e. The molecular formula is C18H11F3N2. The monoisotopic (exact) mass is 312 g/mol. The maximum atomic E-state index is 13.5. The van der Waals surface area contributed by atoms with Gasteiger partial charge in [-0.25, -0.2) is 4.99 Å². The number of halogens is 3. The zero-order valence-corrected chi connectivity index (χ0v) is 11.9. The number of fused-ring (bicyclic) bond motifs is 4. The Balaban J connectivity index is 2.09. The van der Waals surface area contributed by atoms with Crippen molar-refractivity contribution in [1.82, 2.24) is 0 Å². The number of nitrogens with zero attached hydrogens (tertiary/aromatic N) is 1. The summed E-state index contributed by atoms with van der Waals surface area (Å²) < 4.78 is 40.6. The Morgan fingerprint density at radius 1 is 0.826 bits per heavy atom. The molecule has 0 fully saturated rings. The summed E-state index contributed by atoms with van der Waals surface area (Å²) in [6, 6.07) is 17.3. The van der Waals surface area contributed by atoms with Crippen LogP contribution in [0.5, 0.6) is 0 Å². The highest BCUT2D eigenvalue weighted by molar-refractivity contribution is 6.17. The summed E-state index contributed by atoms with van der Waals surface area (Å²) in [6.45, 7) is 0. The predicted molar refractivity (Wildman–Crippen MR) is 85.9 cm³/mol. The molecule has 114 valence electrons. The van der Waals surface area contributed by atoms with E-state index >= 15 is 0 Å². The largest absolute Gasteiger partial charge is 0.434 e. The summed E-state index contributed by atoms with van der Waals surface area (Å²) in [7, 11) is 0. The number of nitrogens with one attached hydrogen (secondary N) is 1. The van der Waals surface area contributed by atoms with Crippen molar-refractivity contribution in [2.24, 2.45) is 4.99 Å². The number of hydrogen-bond acceptors (Lipinski definition) is 2. The first-order valence-corrected chi connectivity index (χ1v) is 7.08. The molecule has 0 bridgehead atoms. The van der Waals surface area contributed by atoms with Crippen LogP contribution in [-0.4, -0.2) is 11.9 Å². The van der Waals surface area contributed by atoms with Crippen LogP contribution in [0.1, 0.15) is 5.56 Å². The Morgan fingerprint density at radius 3 is 2.39 bits per heavy atom. The van der Waals surface area contributed by atoms with Gasteiger partial charge in [-0.05, 0) is 17.5 Å². The molecule has 2 nitrogen and oxygen atoms in total. The van der Waals surface area contributed by atoms with E-state index in [1.807, 2.05) is 24.3 Å². The highest BCUT2D eigenvalue weighted by Gasteiger charge is 2.39. The van der Waals surface area contributed by atoms with Crippen LogP contribution in [0, 0.1) is 0 Å². The van der Waals surface area contributed by atoms with Crippen molar-refractivity contribution in [3.05, 3.63) is 66.2 Å². The average molecular weight is 312 g/mol. The van der Waals surface area contributed by atoms with Gasteiger partial charge in [0, 0.05) is 10.9 Å². The molecule has 0 saturated heterocycles. The minimum Gasteiger partial charge on any atom is -0.353 e. The van der Waals surface area contributed by atoms with E-state index in [2.05, 4.69) is 10.3 Å². The van der Waals surface area contributed by atoms with Crippen LogP contribution >= 0.6 is 0 Å². The van der Waals surface area contributed by atoms with Gasteiger partial charge in [0.25, 0.3) is 0 Å². The molecule has 0 spiro atoms. The maximum absolute atomic E-state index is 13.5. The van der Waals surface area contributed by atoms with Gasteiger partial charge in [-0.15, -0.1) is 0 Å². The molecule has 1 heterocycles.